The number of ketones is 1. The van der Waals surface area contributed by atoms with Gasteiger partial charge in [0.05, 0.1) is 18.1 Å². The normalized spacial score (nSPS) is 33.8. The van der Waals surface area contributed by atoms with Gasteiger partial charge in [-0.1, -0.05) is 61.5 Å². The number of esters is 1. The number of carbonyl (C=O) groups is 3. The van der Waals surface area contributed by atoms with Crippen molar-refractivity contribution in [2.24, 2.45) is 28.6 Å². The Morgan fingerprint density at radius 3 is 2.60 bits per heavy atom. The van der Waals surface area contributed by atoms with Gasteiger partial charge >= 0.3 is 5.97 Å². The molecule has 3 aromatic rings. The molecule has 0 amide bonds. The molecule has 4 aliphatic rings. The van der Waals surface area contributed by atoms with Gasteiger partial charge in [-0.05, 0) is 97.6 Å². The van der Waals surface area contributed by atoms with Crippen LogP contribution in [0.2, 0.25) is 0 Å². The first-order valence-electron chi connectivity index (χ1n) is 16.0. The second-order valence-electron chi connectivity index (χ2n) is 13.8. The second kappa shape index (κ2) is 11.4. The minimum Gasteiger partial charge on any atom is -0.457 e. The largest absolute Gasteiger partial charge is 0.457 e. The van der Waals surface area contributed by atoms with E-state index in [4.69, 9.17) is 9.15 Å². The van der Waals surface area contributed by atoms with Crippen molar-refractivity contribution in [1.29, 1.82) is 0 Å². The lowest BCUT2D eigenvalue weighted by atomic mass is 9.45. The number of aliphatic hydroxyl groups excluding tert-OH is 1. The van der Waals surface area contributed by atoms with Crippen molar-refractivity contribution >= 4 is 28.6 Å². The van der Waals surface area contributed by atoms with Gasteiger partial charge in [-0.25, -0.2) is 4.79 Å². The van der Waals surface area contributed by atoms with E-state index in [1.54, 1.807) is 18.3 Å². The molecule has 7 atom stereocenters. The zero-order chi connectivity index (χ0) is 31.4. The molecule has 1 N–H and O–H groups in total. The fraction of sp³-hybridized carbons (Fsp3) is 0.459. The Hall–Kier alpha value is -3.49. The van der Waals surface area contributed by atoms with Gasteiger partial charge in [0.25, 0.3) is 0 Å². The van der Waals surface area contributed by atoms with Crippen LogP contribution in [0.1, 0.15) is 74.9 Å². The first-order valence-corrected chi connectivity index (χ1v) is 17.0. The number of furan rings is 1. The molecule has 0 saturated heterocycles. The van der Waals surface area contributed by atoms with Crippen LogP contribution in [0.25, 0.3) is 11.3 Å². The molecule has 6 unspecified atom stereocenters. The Balaban J connectivity index is 1.18. The van der Waals surface area contributed by atoms with Gasteiger partial charge < -0.3 is 14.3 Å². The third-order valence-electron chi connectivity index (χ3n) is 11.6. The van der Waals surface area contributed by atoms with E-state index in [-0.39, 0.29) is 39.8 Å². The standard InChI is InChI=1S/C37H39NO6S/c1-35-16-14-26(39)20-25(35)12-13-27-28-15-17-37(36(28,2)21-30(40)32(27)35,44-33(41)31-7-5-19-43-31)34(42)45-22-23-8-10-24(11-9-23)29-6-3-4-18-38-29/h3-11,18-20,27-28,30,32,40H,12-17,21-22H2,1-2H3/t27?,28?,30?,32?,35?,36?,37-/m0/s1. The number of ether oxygens (including phenoxy) is 1. The molecule has 2 heterocycles. The predicted octanol–water partition coefficient (Wildman–Crippen LogP) is 7.20. The molecule has 7 rings (SSSR count). The monoisotopic (exact) mass is 625 g/mol. The number of pyridine rings is 1. The fourth-order valence-electron chi connectivity index (χ4n) is 9.39. The lowest BCUT2D eigenvalue weighted by Crippen LogP contribution is -2.62. The van der Waals surface area contributed by atoms with Crippen LogP contribution in [0.3, 0.4) is 0 Å². The van der Waals surface area contributed by atoms with Crippen molar-refractivity contribution in [3.8, 4) is 11.3 Å². The molecule has 45 heavy (non-hydrogen) atoms. The van der Waals surface area contributed by atoms with Gasteiger partial charge in [0.1, 0.15) is 0 Å². The maximum atomic E-state index is 14.5. The molecular weight excluding hydrogens is 586 g/mol. The highest BCUT2D eigenvalue weighted by molar-refractivity contribution is 8.13. The fourth-order valence-corrected chi connectivity index (χ4v) is 10.5. The number of allylic oxidation sites excluding steroid dienone is 1. The van der Waals surface area contributed by atoms with Crippen LogP contribution < -0.4 is 0 Å². The Morgan fingerprint density at radius 1 is 1.04 bits per heavy atom. The van der Waals surface area contributed by atoms with E-state index in [0.29, 0.717) is 25.0 Å². The van der Waals surface area contributed by atoms with Gasteiger partial charge in [0, 0.05) is 29.3 Å². The summed E-state index contributed by atoms with van der Waals surface area (Å²) in [7, 11) is 0. The number of fused-ring (bicyclic) bond motifs is 5. The minimum absolute atomic E-state index is 0.000578. The van der Waals surface area contributed by atoms with Crippen LogP contribution in [0.5, 0.6) is 0 Å². The second-order valence-corrected chi connectivity index (χ2v) is 14.7. The van der Waals surface area contributed by atoms with E-state index >= 15 is 0 Å². The zero-order valence-electron chi connectivity index (χ0n) is 25.7. The van der Waals surface area contributed by atoms with Gasteiger partial charge in [-0.15, -0.1) is 0 Å². The maximum absolute atomic E-state index is 14.5. The molecule has 2 aromatic heterocycles. The summed E-state index contributed by atoms with van der Waals surface area (Å²) in [6.07, 6.45) is 8.72. The summed E-state index contributed by atoms with van der Waals surface area (Å²) >= 11 is 1.18. The number of rotatable bonds is 6. The summed E-state index contributed by atoms with van der Waals surface area (Å²) < 4.78 is 11.7. The molecular formula is C37H39NO6S. The highest BCUT2D eigenvalue weighted by atomic mass is 32.2. The number of carbonyl (C=O) groups excluding carboxylic acids is 3. The molecule has 3 fully saturated rings. The summed E-state index contributed by atoms with van der Waals surface area (Å²) in [4.78, 5) is 44.7. The number of thioether (sulfide) groups is 1. The molecule has 0 spiro atoms. The van der Waals surface area contributed by atoms with E-state index in [0.717, 1.165) is 48.1 Å². The SMILES string of the molecule is CC12CCC(=O)C=C1CCC1C2C(O)CC2(C)C1CC[C@]2(OC(=O)c1ccco1)C(=O)SCc1ccc(-c2ccccn2)cc1. The van der Waals surface area contributed by atoms with Crippen LogP contribution >= 0.6 is 11.8 Å². The van der Waals surface area contributed by atoms with Gasteiger partial charge in [0.15, 0.2) is 11.4 Å². The predicted molar refractivity (Wildman–Crippen MR) is 171 cm³/mol. The van der Waals surface area contributed by atoms with Crippen LogP contribution in [0, 0.1) is 28.6 Å². The highest BCUT2D eigenvalue weighted by Crippen LogP contribution is 2.69. The molecule has 0 radical (unpaired) electrons. The van der Waals surface area contributed by atoms with E-state index in [1.807, 2.05) is 48.5 Å². The number of aliphatic hydroxyl groups is 1. The Morgan fingerprint density at radius 2 is 1.87 bits per heavy atom. The summed E-state index contributed by atoms with van der Waals surface area (Å²) in [5.74, 6) is 0.264. The van der Waals surface area contributed by atoms with E-state index in [9.17, 15) is 19.5 Å². The smallest absolute Gasteiger partial charge is 0.375 e. The topological polar surface area (TPSA) is 107 Å². The first-order chi connectivity index (χ1) is 21.6. The average molecular weight is 626 g/mol. The number of nitrogens with zero attached hydrogens (tertiary/aromatic N) is 1. The Bertz CT molecular complexity index is 1630. The molecule has 234 valence electrons. The minimum atomic E-state index is -1.41. The van der Waals surface area contributed by atoms with E-state index in [1.165, 1.54) is 18.0 Å². The highest BCUT2D eigenvalue weighted by Gasteiger charge is 2.70. The Kier molecular flexibility index (Phi) is 7.64. The van der Waals surface area contributed by atoms with Crippen molar-refractivity contribution in [3.63, 3.8) is 0 Å². The summed E-state index contributed by atoms with van der Waals surface area (Å²) in [5.41, 5.74) is 1.62. The number of benzene rings is 1. The van der Waals surface area contributed by atoms with Crippen molar-refractivity contribution in [1.82, 2.24) is 4.98 Å². The molecule has 8 heteroatoms. The van der Waals surface area contributed by atoms with Crippen LogP contribution in [-0.2, 0) is 20.1 Å². The van der Waals surface area contributed by atoms with Crippen molar-refractivity contribution < 1.29 is 28.6 Å². The lowest BCUT2D eigenvalue weighted by Gasteiger charge is -2.60. The van der Waals surface area contributed by atoms with Crippen LogP contribution in [-0.4, -0.2) is 38.7 Å². The maximum Gasteiger partial charge on any atom is 0.375 e. The van der Waals surface area contributed by atoms with E-state index < -0.39 is 23.1 Å². The lowest BCUT2D eigenvalue weighted by molar-refractivity contribution is -0.176. The summed E-state index contributed by atoms with van der Waals surface area (Å²) in [6.45, 7) is 4.27. The van der Waals surface area contributed by atoms with E-state index in [2.05, 4.69) is 18.8 Å². The summed E-state index contributed by atoms with van der Waals surface area (Å²) in [6, 6.07) is 17.0. The van der Waals surface area contributed by atoms with Crippen molar-refractivity contribution in [2.45, 2.75) is 76.3 Å². The van der Waals surface area contributed by atoms with Crippen LogP contribution in [0.15, 0.2) is 83.1 Å². The third-order valence-corrected chi connectivity index (χ3v) is 12.7. The Labute approximate surface area is 267 Å². The van der Waals surface area contributed by atoms with Gasteiger partial charge in [0.2, 0.25) is 10.9 Å². The molecule has 4 aliphatic carbocycles. The molecule has 0 bridgehead atoms. The quantitative estimate of drug-likeness (QED) is 0.287. The summed E-state index contributed by atoms with van der Waals surface area (Å²) in [5, 5.41) is 11.8. The number of aromatic nitrogens is 1. The average Bonchev–Trinajstić information content (AvgIpc) is 3.68. The third kappa shape index (κ3) is 4.92. The van der Waals surface area contributed by atoms with Crippen molar-refractivity contribution in [2.75, 3.05) is 0 Å². The van der Waals surface area contributed by atoms with Gasteiger partial charge in [-0.3, -0.25) is 14.6 Å². The molecule has 7 nitrogen and oxygen atoms in total. The van der Waals surface area contributed by atoms with Crippen molar-refractivity contribution in [3.05, 3.63) is 90.0 Å². The molecule has 1 aromatic carbocycles. The van der Waals surface area contributed by atoms with Crippen LogP contribution in [0.4, 0.5) is 0 Å². The number of hydrogen-bond acceptors (Lipinski definition) is 8. The molecule has 0 aliphatic heterocycles. The number of hydrogen-bond donors (Lipinski definition) is 1. The zero-order valence-corrected chi connectivity index (χ0v) is 26.6. The molecule has 3 saturated carbocycles. The van der Waals surface area contributed by atoms with Gasteiger partial charge in [-0.2, -0.15) is 0 Å². The first kappa shape index (κ1) is 30.2.